The molecule has 0 saturated carbocycles. The maximum absolute atomic E-state index is 13.7. The predicted molar refractivity (Wildman–Crippen MR) is 156 cm³/mol. The Morgan fingerprint density at radius 2 is 1.64 bits per heavy atom. The average Bonchev–Trinajstić information content (AvgIpc) is 3.35. The van der Waals surface area contributed by atoms with Gasteiger partial charge in [0, 0.05) is 37.4 Å². The molecule has 3 aromatic rings. The Morgan fingerprint density at radius 3 is 2.28 bits per heavy atom. The van der Waals surface area contributed by atoms with Crippen LogP contribution in [-0.2, 0) is 22.5 Å². The number of benzene rings is 2. The molecule has 0 bridgehead atoms. The van der Waals surface area contributed by atoms with E-state index >= 15 is 0 Å². The molecule has 3 rings (SSSR count). The van der Waals surface area contributed by atoms with Gasteiger partial charge in [-0.1, -0.05) is 23.8 Å². The summed E-state index contributed by atoms with van der Waals surface area (Å²) in [6, 6.07) is 15.1. The number of rotatable bonds is 14. The first-order valence-electron chi connectivity index (χ1n) is 13.0. The highest BCUT2D eigenvalue weighted by atomic mass is 32.1. The van der Waals surface area contributed by atoms with Crippen molar-refractivity contribution in [3.05, 3.63) is 75.5 Å². The standard InChI is InChI=1S/C30H39N3O5S/c1-22-7-10-25(11-8-22)31-30(35)33(15-6-17-36-3)21-29(34)32(20-28-23(2)14-18-39-28)16-13-24-9-12-26(37-4)27(19-24)38-5/h7-12,14,18-19H,6,13,15-17,20-21H2,1-5H3,(H,31,35). The van der Waals surface area contributed by atoms with Crippen molar-refractivity contribution in [3.63, 3.8) is 0 Å². The smallest absolute Gasteiger partial charge is 0.322 e. The number of carbonyl (C=O) groups excluding carboxylic acids is 2. The molecule has 0 aliphatic carbocycles. The van der Waals surface area contributed by atoms with Crippen molar-refractivity contribution >= 4 is 29.0 Å². The van der Waals surface area contributed by atoms with E-state index in [0.717, 1.165) is 21.6 Å². The predicted octanol–water partition coefficient (Wildman–Crippen LogP) is 5.52. The van der Waals surface area contributed by atoms with Gasteiger partial charge in [-0.2, -0.15) is 0 Å². The molecule has 39 heavy (non-hydrogen) atoms. The second-order valence-electron chi connectivity index (χ2n) is 9.35. The lowest BCUT2D eigenvalue weighted by atomic mass is 10.1. The van der Waals surface area contributed by atoms with Crippen LogP contribution in [-0.4, -0.2) is 69.3 Å². The molecular weight excluding hydrogens is 514 g/mol. The molecule has 9 heteroatoms. The van der Waals surface area contributed by atoms with E-state index < -0.39 is 0 Å². The van der Waals surface area contributed by atoms with E-state index in [1.54, 1.807) is 37.6 Å². The van der Waals surface area contributed by atoms with Crippen molar-refractivity contribution in [1.82, 2.24) is 9.80 Å². The Morgan fingerprint density at radius 1 is 0.897 bits per heavy atom. The highest BCUT2D eigenvalue weighted by molar-refractivity contribution is 7.10. The maximum atomic E-state index is 13.7. The van der Waals surface area contributed by atoms with Crippen molar-refractivity contribution in [1.29, 1.82) is 0 Å². The molecule has 0 aliphatic rings. The third-order valence-corrected chi connectivity index (χ3v) is 7.47. The first-order chi connectivity index (χ1) is 18.8. The van der Waals surface area contributed by atoms with Gasteiger partial charge in [0.25, 0.3) is 0 Å². The van der Waals surface area contributed by atoms with Gasteiger partial charge in [-0.3, -0.25) is 4.79 Å². The van der Waals surface area contributed by atoms with Crippen LogP contribution in [0.2, 0.25) is 0 Å². The van der Waals surface area contributed by atoms with Crippen LogP contribution in [0.1, 0.15) is 28.0 Å². The molecule has 0 unspecified atom stereocenters. The number of nitrogens with zero attached hydrogens (tertiary/aromatic N) is 2. The number of anilines is 1. The number of thiophene rings is 1. The molecule has 2 aromatic carbocycles. The summed E-state index contributed by atoms with van der Waals surface area (Å²) in [4.78, 5) is 31.4. The first kappa shape index (κ1) is 30.0. The number of hydrogen-bond donors (Lipinski definition) is 1. The summed E-state index contributed by atoms with van der Waals surface area (Å²) in [6.07, 6.45) is 1.26. The SMILES string of the molecule is COCCCN(CC(=O)N(CCc1ccc(OC)c(OC)c1)Cc1sccc1C)C(=O)Nc1ccc(C)cc1. The zero-order chi connectivity index (χ0) is 28.2. The molecule has 1 aromatic heterocycles. The van der Waals surface area contributed by atoms with Gasteiger partial charge in [0.05, 0.1) is 20.8 Å². The molecule has 1 N–H and O–H groups in total. The number of amides is 3. The Bertz CT molecular complexity index is 1210. The normalized spacial score (nSPS) is 10.7. The zero-order valence-corrected chi connectivity index (χ0v) is 24.3. The van der Waals surface area contributed by atoms with Crippen LogP contribution < -0.4 is 14.8 Å². The number of methoxy groups -OCH3 is 3. The van der Waals surface area contributed by atoms with E-state index in [4.69, 9.17) is 14.2 Å². The second kappa shape index (κ2) is 15.1. The molecular formula is C30H39N3O5S. The lowest BCUT2D eigenvalue weighted by Gasteiger charge is -2.28. The van der Waals surface area contributed by atoms with E-state index in [9.17, 15) is 9.59 Å². The maximum Gasteiger partial charge on any atom is 0.322 e. The lowest BCUT2D eigenvalue weighted by molar-refractivity contribution is -0.132. The van der Waals surface area contributed by atoms with Crippen molar-refractivity contribution < 1.29 is 23.8 Å². The highest BCUT2D eigenvalue weighted by Gasteiger charge is 2.22. The zero-order valence-electron chi connectivity index (χ0n) is 23.5. The highest BCUT2D eigenvalue weighted by Crippen LogP contribution is 2.28. The van der Waals surface area contributed by atoms with Crippen molar-refractivity contribution in [2.24, 2.45) is 0 Å². The van der Waals surface area contributed by atoms with Crippen LogP contribution in [0.3, 0.4) is 0 Å². The summed E-state index contributed by atoms with van der Waals surface area (Å²) in [5.74, 6) is 1.20. The van der Waals surface area contributed by atoms with Gasteiger partial charge in [0.1, 0.15) is 6.54 Å². The largest absolute Gasteiger partial charge is 0.493 e. The van der Waals surface area contributed by atoms with Crippen LogP contribution in [0.5, 0.6) is 11.5 Å². The molecule has 1 heterocycles. The molecule has 0 saturated heterocycles. The summed E-state index contributed by atoms with van der Waals surface area (Å²) in [5.41, 5.74) is 3.98. The Kier molecular flexibility index (Phi) is 11.6. The average molecular weight is 554 g/mol. The van der Waals surface area contributed by atoms with Gasteiger partial charge in [-0.15, -0.1) is 11.3 Å². The summed E-state index contributed by atoms with van der Waals surface area (Å²) in [5, 5.41) is 4.96. The number of carbonyl (C=O) groups is 2. The van der Waals surface area contributed by atoms with Crippen LogP contribution in [0, 0.1) is 13.8 Å². The molecule has 210 valence electrons. The van der Waals surface area contributed by atoms with Crippen LogP contribution in [0.15, 0.2) is 53.9 Å². The number of ether oxygens (including phenoxy) is 3. The first-order valence-corrected chi connectivity index (χ1v) is 13.9. The van der Waals surface area contributed by atoms with Gasteiger partial charge >= 0.3 is 6.03 Å². The van der Waals surface area contributed by atoms with E-state index in [1.165, 1.54) is 0 Å². The van der Waals surface area contributed by atoms with Crippen molar-refractivity contribution in [2.75, 3.05) is 52.9 Å². The van der Waals surface area contributed by atoms with Gasteiger partial charge in [0.2, 0.25) is 5.91 Å². The van der Waals surface area contributed by atoms with E-state index in [0.29, 0.717) is 56.3 Å². The molecule has 0 radical (unpaired) electrons. The van der Waals surface area contributed by atoms with E-state index in [-0.39, 0.29) is 18.5 Å². The van der Waals surface area contributed by atoms with Crippen LogP contribution >= 0.6 is 11.3 Å². The number of nitrogens with one attached hydrogen (secondary N) is 1. The molecule has 0 spiro atoms. The third-order valence-electron chi connectivity index (χ3n) is 6.47. The molecule has 0 atom stereocenters. The fourth-order valence-electron chi connectivity index (χ4n) is 4.09. The summed E-state index contributed by atoms with van der Waals surface area (Å²) in [6.45, 7) is 5.90. The van der Waals surface area contributed by atoms with Gasteiger partial charge in [-0.05, 0) is 73.5 Å². The number of urea groups is 1. The third kappa shape index (κ3) is 9.01. The Hall–Kier alpha value is -3.56. The Labute approximate surface area is 235 Å². The topological polar surface area (TPSA) is 80.3 Å². The summed E-state index contributed by atoms with van der Waals surface area (Å²) < 4.78 is 16.0. The second-order valence-corrected chi connectivity index (χ2v) is 10.3. The summed E-state index contributed by atoms with van der Waals surface area (Å²) in [7, 11) is 4.84. The molecule has 8 nitrogen and oxygen atoms in total. The van der Waals surface area contributed by atoms with E-state index in [1.807, 2.05) is 59.7 Å². The monoisotopic (exact) mass is 553 g/mol. The lowest BCUT2D eigenvalue weighted by Crippen LogP contribution is -2.45. The van der Waals surface area contributed by atoms with Crippen molar-refractivity contribution in [2.45, 2.75) is 33.2 Å². The van der Waals surface area contributed by atoms with Gasteiger partial charge in [-0.25, -0.2) is 4.79 Å². The molecule has 0 aliphatic heterocycles. The number of hydrogen-bond acceptors (Lipinski definition) is 6. The van der Waals surface area contributed by atoms with Gasteiger partial charge in [0.15, 0.2) is 11.5 Å². The van der Waals surface area contributed by atoms with E-state index in [2.05, 4.69) is 18.3 Å². The van der Waals surface area contributed by atoms with Crippen LogP contribution in [0.25, 0.3) is 0 Å². The minimum absolute atomic E-state index is 0.0300. The van der Waals surface area contributed by atoms with Crippen LogP contribution in [0.4, 0.5) is 10.5 Å². The minimum Gasteiger partial charge on any atom is -0.493 e. The van der Waals surface area contributed by atoms with Crippen molar-refractivity contribution in [3.8, 4) is 11.5 Å². The Balaban J connectivity index is 1.76. The molecule has 3 amide bonds. The fraction of sp³-hybridized carbons (Fsp3) is 0.400. The number of aryl methyl sites for hydroxylation is 2. The quantitative estimate of drug-likeness (QED) is 0.266. The minimum atomic E-state index is -0.310. The van der Waals surface area contributed by atoms with Gasteiger partial charge < -0.3 is 29.3 Å². The fourth-order valence-corrected chi connectivity index (χ4v) is 5.01. The molecule has 0 fully saturated rings. The summed E-state index contributed by atoms with van der Waals surface area (Å²) >= 11 is 1.63.